The van der Waals surface area contributed by atoms with Crippen molar-refractivity contribution in [1.82, 2.24) is 4.90 Å². The van der Waals surface area contributed by atoms with Gasteiger partial charge in [-0.15, -0.1) is 0 Å². The summed E-state index contributed by atoms with van der Waals surface area (Å²) in [5.74, 6) is 0.986. The van der Waals surface area contributed by atoms with E-state index in [0.29, 0.717) is 56.2 Å². The number of ketones is 2. The molecule has 1 heterocycles. The molecule has 1 aliphatic rings. The molecule has 102 valence electrons. The molecule has 19 heavy (non-hydrogen) atoms. The molecule has 1 aromatic carbocycles. The second-order valence-corrected chi connectivity index (χ2v) is 4.67. The molecule has 4 nitrogen and oxygen atoms in total. The third-order valence-electron chi connectivity index (χ3n) is 3.27. The number of benzene rings is 1. The van der Waals surface area contributed by atoms with E-state index in [0.717, 1.165) is 0 Å². The van der Waals surface area contributed by atoms with Crippen LogP contribution in [-0.4, -0.2) is 42.7 Å². The van der Waals surface area contributed by atoms with Crippen molar-refractivity contribution >= 4 is 11.6 Å². The molecule has 0 saturated carbocycles. The number of carbonyl (C=O) groups is 2. The second kappa shape index (κ2) is 6.48. The van der Waals surface area contributed by atoms with Crippen LogP contribution < -0.4 is 4.74 Å². The van der Waals surface area contributed by atoms with Crippen LogP contribution in [0, 0.1) is 0 Å². The minimum Gasteiger partial charge on any atom is -0.493 e. The van der Waals surface area contributed by atoms with Crippen molar-refractivity contribution in [2.75, 3.05) is 26.2 Å². The van der Waals surface area contributed by atoms with E-state index >= 15 is 0 Å². The van der Waals surface area contributed by atoms with Gasteiger partial charge < -0.3 is 4.74 Å². The zero-order chi connectivity index (χ0) is 13.7. The highest BCUT2D eigenvalue weighted by Crippen LogP contribution is 2.19. The summed E-state index contributed by atoms with van der Waals surface area (Å²) >= 11 is 0. The molecular formula is C15H19NO3. The molecule has 0 atom stereocenters. The van der Waals surface area contributed by atoms with E-state index in [1.807, 2.05) is 30.0 Å². The quantitative estimate of drug-likeness (QED) is 0.760. The summed E-state index contributed by atoms with van der Waals surface area (Å²) in [5.41, 5.74) is 0.626. The third-order valence-corrected chi connectivity index (χ3v) is 3.27. The van der Waals surface area contributed by atoms with E-state index in [1.54, 1.807) is 6.07 Å². The maximum atomic E-state index is 12.3. The molecule has 0 spiro atoms. The van der Waals surface area contributed by atoms with E-state index in [4.69, 9.17) is 4.74 Å². The first-order chi connectivity index (χ1) is 9.20. The smallest absolute Gasteiger partial charge is 0.180 e. The van der Waals surface area contributed by atoms with Gasteiger partial charge in [-0.1, -0.05) is 12.1 Å². The predicted molar refractivity (Wildman–Crippen MR) is 72.6 cm³/mol. The number of nitrogens with zero attached hydrogens (tertiary/aromatic N) is 1. The number of hydrogen-bond acceptors (Lipinski definition) is 4. The minimum absolute atomic E-state index is 0.0541. The van der Waals surface area contributed by atoms with Crippen LogP contribution >= 0.6 is 0 Å². The molecule has 1 saturated heterocycles. The number of carbonyl (C=O) groups excluding carboxylic acids is 2. The molecule has 1 aliphatic heterocycles. The summed E-state index contributed by atoms with van der Waals surface area (Å²) in [6.45, 7) is 4.17. The van der Waals surface area contributed by atoms with Crippen molar-refractivity contribution in [3.63, 3.8) is 0 Å². The maximum Gasteiger partial charge on any atom is 0.180 e. The van der Waals surface area contributed by atoms with Crippen LogP contribution in [0.5, 0.6) is 5.75 Å². The summed E-state index contributed by atoms with van der Waals surface area (Å²) < 4.78 is 5.47. The summed E-state index contributed by atoms with van der Waals surface area (Å²) in [5, 5.41) is 0. The highest BCUT2D eigenvalue weighted by atomic mass is 16.5. The molecule has 0 aromatic heterocycles. The van der Waals surface area contributed by atoms with Gasteiger partial charge in [-0.3, -0.25) is 14.5 Å². The van der Waals surface area contributed by atoms with Gasteiger partial charge in [0.15, 0.2) is 5.78 Å². The topological polar surface area (TPSA) is 46.6 Å². The van der Waals surface area contributed by atoms with Crippen molar-refractivity contribution in [2.45, 2.75) is 19.8 Å². The van der Waals surface area contributed by atoms with Gasteiger partial charge in [0.05, 0.1) is 18.7 Å². The minimum atomic E-state index is 0.0541. The number of para-hydroxylation sites is 1. The molecule has 2 rings (SSSR count). The number of likely N-dealkylation sites (tertiary alicyclic amines) is 1. The lowest BCUT2D eigenvalue weighted by atomic mass is 10.1. The lowest BCUT2D eigenvalue weighted by Gasteiger charge is -2.25. The summed E-state index contributed by atoms with van der Waals surface area (Å²) in [4.78, 5) is 25.5. The number of rotatable bonds is 5. The van der Waals surface area contributed by atoms with Crippen molar-refractivity contribution < 1.29 is 14.3 Å². The Balaban J connectivity index is 2.01. The molecule has 0 unspecified atom stereocenters. The lowest BCUT2D eigenvalue weighted by molar-refractivity contribution is -0.121. The van der Waals surface area contributed by atoms with Gasteiger partial charge in [-0.2, -0.15) is 0 Å². The Morgan fingerprint density at radius 1 is 1.26 bits per heavy atom. The Kier molecular flexibility index (Phi) is 4.68. The first-order valence-electron chi connectivity index (χ1n) is 6.69. The first-order valence-corrected chi connectivity index (χ1v) is 6.69. The Hall–Kier alpha value is -1.68. The van der Waals surface area contributed by atoms with Crippen molar-refractivity contribution in [3.8, 4) is 5.75 Å². The zero-order valence-electron chi connectivity index (χ0n) is 11.2. The van der Waals surface area contributed by atoms with Gasteiger partial charge in [0.1, 0.15) is 11.5 Å². The molecule has 0 radical (unpaired) electrons. The molecule has 0 bridgehead atoms. The van der Waals surface area contributed by atoms with Gasteiger partial charge in [0.25, 0.3) is 0 Å². The van der Waals surface area contributed by atoms with Crippen LogP contribution in [0.15, 0.2) is 24.3 Å². The largest absolute Gasteiger partial charge is 0.493 e. The molecule has 4 heteroatoms. The van der Waals surface area contributed by atoms with Gasteiger partial charge in [0, 0.05) is 25.9 Å². The van der Waals surface area contributed by atoms with Crippen LogP contribution in [0.25, 0.3) is 0 Å². The van der Waals surface area contributed by atoms with Gasteiger partial charge in [-0.25, -0.2) is 0 Å². The van der Waals surface area contributed by atoms with Gasteiger partial charge >= 0.3 is 0 Å². The van der Waals surface area contributed by atoms with E-state index < -0.39 is 0 Å². The van der Waals surface area contributed by atoms with Crippen molar-refractivity contribution in [3.05, 3.63) is 29.8 Å². The molecule has 0 aliphatic carbocycles. The SMILES string of the molecule is CCOc1ccccc1C(=O)CN1CCC(=O)CC1. The molecule has 1 aromatic rings. The van der Waals surface area contributed by atoms with Crippen LogP contribution in [0.2, 0.25) is 0 Å². The highest BCUT2D eigenvalue weighted by molar-refractivity contribution is 6.00. The summed E-state index contributed by atoms with van der Waals surface area (Å²) in [7, 11) is 0. The Morgan fingerprint density at radius 3 is 2.63 bits per heavy atom. The Bertz CT molecular complexity index is 460. The normalized spacial score (nSPS) is 16.4. The van der Waals surface area contributed by atoms with E-state index in [1.165, 1.54) is 0 Å². The number of hydrogen-bond donors (Lipinski definition) is 0. The van der Waals surface area contributed by atoms with E-state index in [-0.39, 0.29) is 5.78 Å². The standard InChI is InChI=1S/C15H19NO3/c1-2-19-15-6-4-3-5-13(15)14(18)11-16-9-7-12(17)8-10-16/h3-6H,2,7-11H2,1H3. The van der Waals surface area contributed by atoms with Crippen molar-refractivity contribution in [2.24, 2.45) is 0 Å². The summed E-state index contributed by atoms with van der Waals surface area (Å²) in [6.07, 6.45) is 1.11. The molecular weight excluding hydrogens is 242 g/mol. The highest BCUT2D eigenvalue weighted by Gasteiger charge is 2.20. The van der Waals surface area contributed by atoms with Crippen LogP contribution in [0.3, 0.4) is 0 Å². The number of ether oxygens (including phenoxy) is 1. The van der Waals surface area contributed by atoms with Crippen LogP contribution in [0.1, 0.15) is 30.1 Å². The van der Waals surface area contributed by atoms with E-state index in [9.17, 15) is 9.59 Å². The first kappa shape index (κ1) is 13.7. The Morgan fingerprint density at radius 2 is 1.95 bits per heavy atom. The fraction of sp³-hybridized carbons (Fsp3) is 0.467. The predicted octanol–water partition coefficient (Wildman–Crippen LogP) is 1.93. The van der Waals surface area contributed by atoms with E-state index in [2.05, 4.69) is 0 Å². The summed E-state index contributed by atoms with van der Waals surface area (Å²) in [6, 6.07) is 7.32. The number of Topliss-reactive ketones (excluding diaryl/α,β-unsaturated/α-hetero) is 2. The lowest BCUT2D eigenvalue weighted by Crippen LogP contribution is -2.37. The fourth-order valence-corrected chi connectivity index (χ4v) is 2.23. The molecule has 0 amide bonds. The van der Waals surface area contributed by atoms with Gasteiger partial charge in [-0.05, 0) is 19.1 Å². The fourth-order valence-electron chi connectivity index (χ4n) is 2.23. The Labute approximate surface area is 113 Å². The monoisotopic (exact) mass is 261 g/mol. The average Bonchev–Trinajstić information content (AvgIpc) is 2.42. The molecule has 0 N–H and O–H groups in total. The third kappa shape index (κ3) is 3.64. The zero-order valence-corrected chi connectivity index (χ0v) is 11.2. The number of piperidine rings is 1. The maximum absolute atomic E-state index is 12.3. The second-order valence-electron chi connectivity index (χ2n) is 4.67. The van der Waals surface area contributed by atoms with Crippen molar-refractivity contribution in [1.29, 1.82) is 0 Å². The van der Waals surface area contributed by atoms with Crippen LogP contribution in [-0.2, 0) is 4.79 Å². The average molecular weight is 261 g/mol. The van der Waals surface area contributed by atoms with Gasteiger partial charge in [0.2, 0.25) is 0 Å². The van der Waals surface area contributed by atoms with Crippen LogP contribution in [0.4, 0.5) is 0 Å². The molecule has 1 fully saturated rings.